The number of anilines is 1. The zero-order valence-corrected chi connectivity index (χ0v) is 16.1. The summed E-state index contributed by atoms with van der Waals surface area (Å²) < 4.78 is 5.70. The van der Waals surface area contributed by atoms with Crippen LogP contribution in [0.1, 0.15) is 15.9 Å². The number of hydrogen-bond acceptors (Lipinski definition) is 4. The van der Waals surface area contributed by atoms with Crippen molar-refractivity contribution in [1.29, 1.82) is 0 Å². The minimum absolute atomic E-state index is 0.0629. The summed E-state index contributed by atoms with van der Waals surface area (Å²) >= 11 is 1.52. The zero-order chi connectivity index (χ0) is 18.9. The minimum atomic E-state index is -0.0717. The second-order valence-corrected chi connectivity index (χ2v) is 7.10. The van der Waals surface area contributed by atoms with Crippen molar-refractivity contribution in [2.45, 2.75) is 6.92 Å². The molecule has 0 saturated heterocycles. The first kappa shape index (κ1) is 19.8. The molecule has 26 heavy (non-hydrogen) atoms. The van der Waals surface area contributed by atoms with Gasteiger partial charge in [-0.2, -0.15) is 0 Å². The highest BCUT2D eigenvalue weighted by Crippen LogP contribution is 2.16. The fourth-order valence-corrected chi connectivity index (χ4v) is 2.85. The Hall–Kier alpha value is -2.47. The normalized spacial score (nSPS) is 10.3. The molecule has 0 bridgehead atoms. The lowest BCUT2D eigenvalue weighted by molar-refractivity contribution is -0.113. The third-order valence-corrected chi connectivity index (χ3v) is 4.56. The summed E-state index contributed by atoms with van der Waals surface area (Å²) in [7, 11) is 3.41. The van der Waals surface area contributed by atoms with Gasteiger partial charge in [0, 0.05) is 31.1 Å². The van der Waals surface area contributed by atoms with Gasteiger partial charge >= 0.3 is 0 Å². The molecule has 0 heterocycles. The molecule has 0 atom stereocenters. The number of para-hydroxylation sites is 1. The lowest BCUT2D eigenvalue weighted by Crippen LogP contribution is -2.21. The maximum absolute atomic E-state index is 12.0. The van der Waals surface area contributed by atoms with Crippen LogP contribution < -0.4 is 10.1 Å². The number of thioether (sulfide) groups is 1. The number of benzene rings is 2. The number of rotatable bonds is 8. The summed E-state index contributed by atoms with van der Waals surface area (Å²) in [5, 5.41) is 2.83. The third-order valence-electron chi connectivity index (χ3n) is 3.63. The Morgan fingerprint density at radius 1 is 1.08 bits per heavy atom. The van der Waals surface area contributed by atoms with Gasteiger partial charge in [-0.3, -0.25) is 9.59 Å². The van der Waals surface area contributed by atoms with E-state index in [0.29, 0.717) is 23.6 Å². The molecule has 0 aliphatic carbocycles. The van der Waals surface area contributed by atoms with Crippen LogP contribution in [0.25, 0.3) is 0 Å². The van der Waals surface area contributed by atoms with Crippen LogP contribution in [0.2, 0.25) is 0 Å². The first-order valence-electron chi connectivity index (χ1n) is 8.35. The third kappa shape index (κ3) is 6.11. The average Bonchev–Trinajstić information content (AvgIpc) is 2.63. The smallest absolute Gasteiger partial charge is 0.253 e. The van der Waals surface area contributed by atoms with Crippen molar-refractivity contribution >= 4 is 29.3 Å². The molecule has 2 rings (SSSR count). The fraction of sp³-hybridized carbons (Fsp3) is 0.300. The van der Waals surface area contributed by atoms with E-state index < -0.39 is 0 Å². The highest BCUT2D eigenvalue weighted by Gasteiger charge is 2.08. The van der Waals surface area contributed by atoms with Gasteiger partial charge in [0.2, 0.25) is 5.91 Å². The molecule has 0 saturated carbocycles. The summed E-state index contributed by atoms with van der Waals surface area (Å²) in [4.78, 5) is 25.3. The number of nitrogens with zero attached hydrogens (tertiary/aromatic N) is 1. The van der Waals surface area contributed by atoms with Crippen LogP contribution >= 0.6 is 11.8 Å². The molecule has 0 aliphatic rings. The van der Waals surface area contributed by atoms with E-state index in [0.717, 1.165) is 17.1 Å². The molecule has 2 aromatic rings. The van der Waals surface area contributed by atoms with E-state index in [-0.39, 0.29) is 11.8 Å². The number of hydrogen-bond donors (Lipinski definition) is 1. The van der Waals surface area contributed by atoms with Gasteiger partial charge in [0.15, 0.2) is 0 Å². The van der Waals surface area contributed by atoms with Crippen LogP contribution in [0, 0.1) is 6.92 Å². The Kier molecular flexibility index (Phi) is 7.53. The van der Waals surface area contributed by atoms with E-state index in [1.165, 1.54) is 16.7 Å². The van der Waals surface area contributed by atoms with E-state index in [9.17, 15) is 9.59 Å². The van der Waals surface area contributed by atoms with Gasteiger partial charge in [0.1, 0.15) is 5.75 Å². The van der Waals surface area contributed by atoms with E-state index in [1.807, 2.05) is 31.2 Å². The van der Waals surface area contributed by atoms with E-state index in [1.54, 1.807) is 38.4 Å². The molecule has 0 unspecified atom stereocenters. The number of ether oxygens (including phenoxy) is 1. The molecule has 2 amide bonds. The maximum Gasteiger partial charge on any atom is 0.253 e. The summed E-state index contributed by atoms with van der Waals surface area (Å²) in [5.41, 5.74) is 2.38. The molecule has 0 spiro atoms. The van der Waals surface area contributed by atoms with Gasteiger partial charge in [-0.15, -0.1) is 11.8 Å². The number of carbonyl (C=O) groups is 2. The number of carbonyl (C=O) groups excluding carboxylic acids is 2. The van der Waals surface area contributed by atoms with Gasteiger partial charge < -0.3 is 15.0 Å². The molecule has 0 aromatic heterocycles. The first-order chi connectivity index (χ1) is 12.5. The number of nitrogens with one attached hydrogen (secondary N) is 1. The van der Waals surface area contributed by atoms with Crippen LogP contribution in [0.4, 0.5) is 5.69 Å². The average molecular weight is 372 g/mol. The van der Waals surface area contributed by atoms with Gasteiger partial charge in [0.05, 0.1) is 12.4 Å². The van der Waals surface area contributed by atoms with Crippen molar-refractivity contribution in [2.24, 2.45) is 0 Å². The molecule has 2 aromatic carbocycles. The van der Waals surface area contributed by atoms with Gasteiger partial charge in [-0.05, 0) is 42.8 Å². The minimum Gasteiger partial charge on any atom is -0.492 e. The van der Waals surface area contributed by atoms with Gasteiger partial charge in [-0.25, -0.2) is 0 Å². The molecule has 0 fully saturated rings. The van der Waals surface area contributed by atoms with E-state index in [4.69, 9.17) is 4.74 Å². The molecular formula is C20H24N2O3S. The Morgan fingerprint density at radius 2 is 1.77 bits per heavy atom. The highest BCUT2D eigenvalue weighted by molar-refractivity contribution is 7.99. The van der Waals surface area contributed by atoms with E-state index >= 15 is 0 Å². The van der Waals surface area contributed by atoms with Crippen LogP contribution in [0.3, 0.4) is 0 Å². The predicted molar refractivity (Wildman–Crippen MR) is 107 cm³/mol. The molecule has 5 nitrogen and oxygen atoms in total. The SMILES string of the molecule is Cc1ccccc1OCCSCC(=O)Nc1ccc(C(=O)N(C)C)cc1. The van der Waals surface area contributed by atoms with Crippen molar-refractivity contribution in [2.75, 3.05) is 37.5 Å². The second kappa shape index (κ2) is 9.87. The lowest BCUT2D eigenvalue weighted by atomic mass is 10.2. The van der Waals surface area contributed by atoms with Crippen LogP contribution in [0.15, 0.2) is 48.5 Å². The Morgan fingerprint density at radius 3 is 2.42 bits per heavy atom. The van der Waals surface area contributed by atoms with Crippen molar-refractivity contribution in [3.8, 4) is 5.75 Å². The summed E-state index contributed by atoms with van der Waals surface area (Å²) in [6, 6.07) is 14.8. The lowest BCUT2D eigenvalue weighted by Gasteiger charge is -2.11. The summed E-state index contributed by atoms with van der Waals surface area (Å²) in [5.74, 6) is 1.84. The zero-order valence-electron chi connectivity index (χ0n) is 15.3. The van der Waals surface area contributed by atoms with Crippen molar-refractivity contribution in [1.82, 2.24) is 4.90 Å². The van der Waals surface area contributed by atoms with Crippen molar-refractivity contribution < 1.29 is 14.3 Å². The fourth-order valence-electron chi connectivity index (χ4n) is 2.25. The molecule has 0 radical (unpaired) electrons. The van der Waals surface area contributed by atoms with Crippen LogP contribution in [0.5, 0.6) is 5.75 Å². The maximum atomic E-state index is 12.0. The molecule has 1 N–H and O–H groups in total. The standard InChI is InChI=1S/C20H24N2O3S/c1-15-6-4-5-7-18(15)25-12-13-26-14-19(23)21-17-10-8-16(9-11-17)20(24)22(2)3/h4-11H,12-14H2,1-3H3,(H,21,23). The van der Waals surface area contributed by atoms with Gasteiger partial charge in [-0.1, -0.05) is 18.2 Å². The second-order valence-electron chi connectivity index (χ2n) is 5.99. The largest absolute Gasteiger partial charge is 0.492 e. The van der Waals surface area contributed by atoms with Crippen LogP contribution in [-0.4, -0.2) is 48.9 Å². The van der Waals surface area contributed by atoms with Crippen LogP contribution in [-0.2, 0) is 4.79 Å². The van der Waals surface area contributed by atoms with Crippen molar-refractivity contribution in [3.63, 3.8) is 0 Å². The molecule has 0 aliphatic heterocycles. The van der Waals surface area contributed by atoms with Gasteiger partial charge in [0.25, 0.3) is 5.91 Å². The molecule has 138 valence electrons. The monoisotopic (exact) mass is 372 g/mol. The number of aryl methyl sites for hydroxylation is 1. The van der Waals surface area contributed by atoms with E-state index in [2.05, 4.69) is 5.32 Å². The Labute approximate surface area is 158 Å². The highest BCUT2D eigenvalue weighted by atomic mass is 32.2. The molecule has 6 heteroatoms. The Balaban J connectivity index is 1.69. The Bertz CT molecular complexity index is 745. The first-order valence-corrected chi connectivity index (χ1v) is 9.50. The predicted octanol–water partition coefficient (Wildman–Crippen LogP) is 3.45. The summed E-state index contributed by atoms with van der Waals surface area (Å²) in [6.07, 6.45) is 0. The quantitative estimate of drug-likeness (QED) is 0.721. The van der Waals surface area contributed by atoms with Crippen molar-refractivity contribution in [3.05, 3.63) is 59.7 Å². The summed E-state index contributed by atoms with van der Waals surface area (Å²) in [6.45, 7) is 2.57. The number of amides is 2. The topological polar surface area (TPSA) is 58.6 Å². The molecular weight excluding hydrogens is 348 g/mol.